The average molecular weight is 225 g/mol. The van der Waals surface area contributed by atoms with E-state index in [1.54, 1.807) is 0 Å². The van der Waals surface area contributed by atoms with Crippen molar-refractivity contribution in [2.24, 2.45) is 0 Å². The Morgan fingerprint density at radius 2 is 2.31 bits per heavy atom. The molecule has 0 bridgehead atoms. The van der Waals surface area contributed by atoms with Gasteiger partial charge in [0, 0.05) is 6.07 Å². The number of hydrogen-bond donors (Lipinski definition) is 1. The summed E-state index contributed by atoms with van der Waals surface area (Å²) in [7, 11) is 1.28. The summed E-state index contributed by atoms with van der Waals surface area (Å²) in [6.45, 7) is 1.50. The lowest BCUT2D eigenvalue weighted by molar-refractivity contribution is -0.385. The summed E-state index contributed by atoms with van der Waals surface area (Å²) in [6, 6.07) is 2.77. The molecule has 1 rings (SSSR count). The van der Waals surface area contributed by atoms with Gasteiger partial charge in [-0.05, 0) is 13.0 Å². The second-order valence-electron chi connectivity index (χ2n) is 2.99. The van der Waals surface area contributed by atoms with Crippen LogP contribution in [0.5, 0.6) is 0 Å². The Morgan fingerprint density at radius 1 is 1.62 bits per heavy atom. The van der Waals surface area contributed by atoms with Gasteiger partial charge in [0.15, 0.2) is 0 Å². The smallest absolute Gasteiger partial charge is 0.325 e. The number of nitrogens with zero attached hydrogens (tertiary/aromatic N) is 2. The highest BCUT2D eigenvalue weighted by atomic mass is 16.6. The van der Waals surface area contributed by atoms with Crippen LogP contribution in [0.15, 0.2) is 12.1 Å². The lowest BCUT2D eigenvalue weighted by Gasteiger charge is -2.04. The first-order chi connectivity index (χ1) is 7.54. The number of pyridine rings is 1. The third-order valence-electron chi connectivity index (χ3n) is 1.90. The van der Waals surface area contributed by atoms with Crippen molar-refractivity contribution in [1.29, 1.82) is 0 Å². The number of anilines is 1. The van der Waals surface area contributed by atoms with E-state index in [-0.39, 0.29) is 12.2 Å². The summed E-state index contributed by atoms with van der Waals surface area (Å²) in [6.07, 6.45) is 0. The quantitative estimate of drug-likeness (QED) is 0.464. The summed E-state index contributed by atoms with van der Waals surface area (Å²) >= 11 is 0. The maximum atomic E-state index is 10.8. The SMILES string of the molecule is COC(=O)CNc1ccc([N+](=O)[O-])c(C)n1. The largest absolute Gasteiger partial charge is 0.468 e. The molecule has 0 aliphatic heterocycles. The van der Waals surface area contributed by atoms with Crippen LogP contribution < -0.4 is 5.32 Å². The highest BCUT2D eigenvalue weighted by Crippen LogP contribution is 2.17. The van der Waals surface area contributed by atoms with E-state index in [0.29, 0.717) is 11.5 Å². The molecular formula is C9H11N3O4. The van der Waals surface area contributed by atoms with Crippen molar-refractivity contribution in [3.8, 4) is 0 Å². The Hall–Kier alpha value is -2.18. The third kappa shape index (κ3) is 2.91. The standard InChI is InChI=1S/C9H11N3O4/c1-6-7(12(14)15)3-4-8(11-6)10-5-9(13)16-2/h3-4H,5H2,1-2H3,(H,10,11). The molecule has 1 heterocycles. The van der Waals surface area contributed by atoms with Gasteiger partial charge >= 0.3 is 5.97 Å². The third-order valence-corrected chi connectivity index (χ3v) is 1.90. The molecule has 0 fully saturated rings. The van der Waals surface area contributed by atoms with Crippen LogP contribution in [0.4, 0.5) is 11.5 Å². The lowest BCUT2D eigenvalue weighted by Crippen LogP contribution is -2.15. The zero-order chi connectivity index (χ0) is 12.1. The van der Waals surface area contributed by atoms with E-state index in [1.807, 2.05) is 0 Å². The van der Waals surface area contributed by atoms with Gasteiger partial charge in [0.2, 0.25) is 0 Å². The van der Waals surface area contributed by atoms with Crippen molar-refractivity contribution in [2.75, 3.05) is 19.0 Å². The number of aryl methyl sites for hydroxylation is 1. The van der Waals surface area contributed by atoms with Gasteiger partial charge in [-0.25, -0.2) is 4.98 Å². The second kappa shape index (κ2) is 5.06. The molecule has 86 valence electrons. The molecule has 1 aromatic rings. The van der Waals surface area contributed by atoms with Crippen molar-refractivity contribution >= 4 is 17.5 Å². The van der Waals surface area contributed by atoms with E-state index in [9.17, 15) is 14.9 Å². The first-order valence-corrected chi connectivity index (χ1v) is 4.47. The number of carbonyl (C=O) groups excluding carboxylic acids is 1. The fourth-order valence-corrected chi connectivity index (χ4v) is 1.08. The summed E-state index contributed by atoms with van der Waals surface area (Å²) in [5, 5.41) is 13.2. The molecule has 0 aliphatic carbocycles. The van der Waals surface area contributed by atoms with Crippen LogP contribution in [0.2, 0.25) is 0 Å². The predicted octanol–water partition coefficient (Wildman–Crippen LogP) is 0.883. The summed E-state index contributed by atoms with van der Waals surface area (Å²) in [5.74, 6) is -0.0358. The number of carbonyl (C=O) groups is 1. The number of ether oxygens (including phenoxy) is 1. The van der Waals surface area contributed by atoms with Gasteiger partial charge < -0.3 is 10.1 Å². The number of nitro groups is 1. The molecule has 0 saturated heterocycles. The van der Waals surface area contributed by atoms with E-state index < -0.39 is 10.9 Å². The van der Waals surface area contributed by atoms with Crippen molar-refractivity contribution in [3.63, 3.8) is 0 Å². The van der Waals surface area contributed by atoms with Crippen molar-refractivity contribution in [2.45, 2.75) is 6.92 Å². The number of nitrogens with one attached hydrogen (secondary N) is 1. The molecule has 0 amide bonds. The normalized spacial score (nSPS) is 9.62. The van der Waals surface area contributed by atoms with E-state index >= 15 is 0 Å². The van der Waals surface area contributed by atoms with Crippen LogP contribution in [0, 0.1) is 17.0 Å². The van der Waals surface area contributed by atoms with Gasteiger partial charge in [-0.15, -0.1) is 0 Å². The minimum absolute atomic E-state index is 0.0270. The first kappa shape index (κ1) is 11.9. The zero-order valence-corrected chi connectivity index (χ0v) is 8.89. The van der Waals surface area contributed by atoms with Gasteiger partial charge in [0.1, 0.15) is 18.1 Å². The van der Waals surface area contributed by atoms with Gasteiger partial charge in [0.05, 0.1) is 12.0 Å². The number of rotatable bonds is 4. The maximum Gasteiger partial charge on any atom is 0.325 e. The molecular weight excluding hydrogens is 214 g/mol. The van der Waals surface area contributed by atoms with E-state index in [0.717, 1.165) is 0 Å². The Morgan fingerprint density at radius 3 is 2.81 bits per heavy atom. The molecule has 7 heteroatoms. The van der Waals surface area contributed by atoms with Crippen LogP contribution in [0.1, 0.15) is 5.69 Å². The van der Waals surface area contributed by atoms with Crippen LogP contribution >= 0.6 is 0 Å². The van der Waals surface area contributed by atoms with E-state index in [2.05, 4.69) is 15.0 Å². The highest BCUT2D eigenvalue weighted by molar-refractivity contribution is 5.74. The van der Waals surface area contributed by atoms with Crippen LogP contribution in [-0.2, 0) is 9.53 Å². The Labute approximate surface area is 91.6 Å². The van der Waals surface area contributed by atoms with E-state index in [4.69, 9.17) is 0 Å². The van der Waals surface area contributed by atoms with Gasteiger partial charge in [-0.1, -0.05) is 0 Å². The maximum absolute atomic E-state index is 10.8. The molecule has 0 saturated carbocycles. The first-order valence-electron chi connectivity index (χ1n) is 4.47. The van der Waals surface area contributed by atoms with Gasteiger partial charge in [-0.3, -0.25) is 14.9 Å². The minimum atomic E-state index is -0.508. The van der Waals surface area contributed by atoms with Gasteiger partial charge in [0.25, 0.3) is 5.69 Å². The molecule has 7 nitrogen and oxygen atoms in total. The minimum Gasteiger partial charge on any atom is -0.468 e. The number of hydrogen-bond acceptors (Lipinski definition) is 6. The fraction of sp³-hybridized carbons (Fsp3) is 0.333. The Balaban J connectivity index is 2.74. The molecule has 0 unspecified atom stereocenters. The molecule has 0 spiro atoms. The molecule has 0 atom stereocenters. The second-order valence-corrected chi connectivity index (χ2v) is 2.99. The van der Waals surface area contributed by atoms with Crippen molar-refractivity contribution < 1.29 is 14.5 Å². The Bertz CT molecular complexity index is 419. The molecule has 0 aliphatic rings. The highest BCUT2D eigenvalue weighted by Gasteiger charge is 2.11. The predicted molar refractivity (Wildman–Crippen MR) is 56.1 cm³/mol. The molecule has 0 aromatic carbocycles. The molecule has 1 N–H and O–H groups in total. The van der Waals surface area contributed by atoms with E-state index in [1.165, 1.54) is 26.2 Å². The van der Waals surface area contributed by atoms with Crippen LogP contribution in [0.25, 0.3) is 0 Å². The summed E-state index contributed by atoms with van der Waals surface area (Å²) in [5.41, 5.74) is 0.239. The van der Waals surface area contributed by atoms with Crippen LogP contribution in [0.3, 0.4) is 0 Å². The van der Waals surface area contributed by atoms with Crippen molar-refractivity contribution in [3.05, 3.63) is 27.9 Å². The topological polar surface area (TPSA) is 94.4 Å². The summed E-state index contributed by atoms with van der Waals surface area (Å²) < 4.78 is 4.43. The fourth-order valence-electron chi connectivity index (χ4n) is 1.08. The number of methoxy groups -OCH3 is 1. The monoisotopic (exact) mass is 225 g/mol. The molecule has 16 heavy (non-hydrogen) atoms. The average Bonchev–Trinajstić information content (AvgIpc) is 2.25. The van der Waals surface area contributed by atoms with Crippen LogP contribution in [-0.4, -0.2) is 29.5 Å². The lowest BCUT2D eigenvalue weighted by atomic mass is 10.3. The number of esters is 1. The zero-order valence-electron chi connectivity index (χ0n) is 8.89. The molecule has 1 aromatic heterocycles. The van der Waals surface area contributed by atoms with Gasteiger partial charge in [-0.2, -0.15) is 0 Å². The Kier molecular flexibility index (Phi) is 3.76. The van der Waals surface area contributed by atoms with Crippen molar-refractivity contribution in [1.82, 2.24) is 4.98 Å². The summed E-state index contributed by atoms with van der Waals surface area (Å²) in [4.78, 5) is 24.8. The number of aromatic nitrogens is 1. The molecule has 0 radical (unpaired) electrons.